The molecule has 0 bridgehead atoms. The molecule has 1 saturated heterocycles. The van der Waals surface area contributed by atoms with Crippen molar-refractivity contribution in [2.45, 2.75) is 38.7 Å². The van der Waals surface area contributed by atoms with E-state index in [-0.39, 0.29) is 11.3 Å². The van der Waals surface area contributed by atoms with Gasteiger partial charge in [0, 0.05) is 25.6 Å². The summed E-state index contributed by atoms with van der Waals surface area (Å²) in [5.74, 6) is 0.0322. The van der Waals surface area contributed by atoms with Crippen LogP contribution in [0.2, 0.25) is 0 Å². The number of rotatable bonds is 5. The predicted octanol–water partition coefficient (Wildman–Crippen LogP) is 2.03. The summed E-state index contributed by atoms with van der Waals surface area (Å²) in [5, 5.41) is 3.79. The van der Waals surface area contributed by atoms with Crippen molar-refractivity contribution < 1.29 is 18.8 Å². The molecule has 22 heavy (non-hydrogen) atoms. The molecule has 6 nitrogen and oxygen atoms in total. The Balaban J connectivity index is 1.54. The summed E-state index contributed by atoms with van der Waals surface area (Å²) < 4.78 is 15.9. The molecule has 1 saturated carbocycles. The lowest BCUT2D eigenvalue weighted by Crippen LogP contribution is -2.54. The summed E-state index contributed by atoms with van der Waals surface area (Å²) in [4.78, 5) is 14.4. The third kappa shape index (κ3) is 2.77. The smallest absolute Gasteiger partial charge is 0.259 e. The number of hydrogen-bond acceptors (Lipinski definition) is 5. The highest BCUT2D eigenvalue weighted by atomic mass is 16.5. The molecule has 0 aromatic carbocycles. The van der Waals surface area contributed by atoms with Gasteiger partial charge in [-0.25, -0.2) is 0 Å². The lowest BCUT2D eigenvalue weighted by Gasteiger charge is -2.53. The molecule has 2 fully saturated rings. The molecule has 1 aromatic rings. The molecule has 1 aliphatic carbocycles. The van der Waals surface area contributed by atoms with Gasteiger partial charge < -0.3 is 18.9 Å². The van der Waals surface area contributed by atoms with Crippen LogP contribution in [0, 0.1) is 12.3 Å². The number of ether oxygens (including phenoxy) is 2. The zero-order chi connectivity index (χ0) is 15.6. The van der Waals surface area contributed by atoms with Gasteiger partial charge in [-0.2, -0.15) is 0 Å². The van der Waals surface area contributed by atoms with Gasteiger partial charge in [0.25, 0.3) is 5.91 Å². The third-order valence-corrected chi connectivity index (χ3v) is 5.22. The maximum atomic E-state index is 12.5. The van der Waals surface area contributed by atoms with Gasteiger partial charge in [0.15, 0.2) is 0 Å². The van der Waals surface area contributed by atoms with E-state index in [1.54, 1.807) is 14.0 Å². The molecule has 3 rings (SSSR count). The van der Waals surface area contributed by atoms with Gasteiger partial charge in [-0.3, -0.25) is 4.79 Å². The molecular weight excluding hydrogens is 284 g/mol. The molecule has 122 valence electrons. The van der Waals surface area contributed by atoms with Crippen LogP contribution in [0.1, 0.15) is 41.7 Å². The van der Waals surface area contributed by atoms with E-state index in [2.05, 4.69) is 5.16 Å². The first kappa shape index (κ1) is 15.5. The van der Waals surface area contributed by atoms with Crippen molar-refractivity contribution >= 4 is 5.91 Å². The summed E-state index contributed by atoms with van der Waals surface area (Å²) in [7, 11) is 1.69. The van der Waals surface area contributed by atoms with E-state index in [0.717, 1.165) is 32.4 Å². The molecule has 1 aliphatic heterocycles. The SMILES string of the molecule is COCCOC1CCC12CCN(C(=O)c1conc1C)CC2. The van der Waals surface area contributed by atoms with E-state index in [1.165, 1.54) is 12.7 Å². The fraction of sp³-hybridized carbons (Fsp3) is 0.750. The van der Waals surface area contributed by atoms with Gasteiger partial charge in [-0.15, -0.1) is 0 Å². The molecule has 1 spiro atoms. The molecule has 1 atom stereocenters. The van der Waals surface area contributed by atoms with Crippen LogP contribution in [-0.4, -0.2) is 55.5 Å². The minimum Gasteiger partial charge on any atom is -0.382 e. The molecule has 1 amide bonds. The van der Waals surface area contributed by atoms with E-state index in [1.807, 2.05) is 4.90 Å². The second-order valence-corrected chi connectivity index (χ2v) is 6.36. The number of likely N-dealkylation sites (tertiary alicyclic amines) is 1. The Hall–Kier alpha value is -1.40. The molecular formula is C16H24N2O4. The van der Waals surface area contributed by atoms with Crippen molar-refractivity contribution in [1.29, 1.82) is 0 Å². The van der Waals surface area contributed by atoms with Crippen LogP contribution in [0.15, 0.2) is 10.8 Å². The number of carbonyl (C=O) groups is 1. The summed E-state index contributed by atoms with van der Waals surface area (Å²) >= 11 is 0. The number of amides is 1. The maximum Gasteiger partial charge on any atom is 0.259 e. The second kappa shape index (κ2) is 6.38. The number of aryl methyl sites for hydroxylation is 1. The van der Waals surface area contributed by atoms with Crippen molar-refractivity contribution in [3.8, 4) is 0 Å². The van der Waals surface area contributed by atoms with Gasteiger partial charge in [0.1, 0.15) is 11.8 Å². The van der Waals surface area contributed by atoms with E-state index < -0.39 is 0 Å². The Morgan fingerprint density at radius 1 is 1.41 bits per heavy atom. The van der Waals surface area contributed by atoms with Gasteiger partial charge >= 0.3 is 0 Å². The number of hydrogen-bond donors (Lipinski definition) is 0. The molecule has 2 heterocycles. The van der Waals surface area contributed by atoms with Crippen molar-refractivity contribution in [2.75, 3.05) is 33.4 Å². The minimum absolute atomic E-state index is 0.0322. The van der Waals surface area contributed by atoms with E-state index in [0.29, 0.717) is 30.6 Å². The van der Waals surface area contributed by atoms with Crippen LogP contribution in [0.3, 0.4) is 0 Å². The monoisotopic (exact) mass is 308 g/mol. The Morgan fingerprint density at radius 2 is 2.18 bits per heavy atom. The second-order valence-electron chi connectivity index (χ2n) is 6.36. The minimum atomic E-state index is 0.0322. The molecule has 2 aliphatic rings. The predicted molar refractivity (Wildman–Crippen MR) is 79.7 cm³/mol. The standard InChI is InChI=1S/C16H24N2O4/c1-12-13(11-22-17-12)15(19)18-7-5-16(6-8-18)4-3-14(16)21-10-9-20-2/h11,14H,3-10H2,1-2H3. The van der Waals surface area contributed by atoms with Crippen LogP contribution in [-0.2, 0) is 9.47 Å². The molecule has 6 heteroatoms. The van der Waals surface area contributed by atoms with E-state index >= 15 is 0 Å². The first-order chi connectivity index (χ1) is 10.7. The lowest BCUT2D eigenvalue weighted by molar-refractivity contribution is -0.139. The quantitative estimate of drug-likeness (QED) is 0.779. The van der Waals surface area contributed by atoms with Crippen molar-refractivity contribution in [3.63, 3.8) is 0 Å². The first-order valence-electron chi connectivity index (χ1n) is 7.97. The van der Waals surface area contributed by atoms with Gasteiger partial charge in [-0.1, -0.05) is 5.16 Å². The number of piperidine rings is 1. The average Bonchev–Trinajstić information content (AvgIpc) is 2.96. The summed E-state index contributed by atoms with van der Waals surface area (Å²) in [6.07, 6.45) is 6.14. The Labute approximate surface area is 130 Å². The van der Waals surface area contributed by atoms with Crippen LogP contribution in [0.25, 0.3) is 0 Å². The summed E-state index contributed by atoms with van der Waals surface area (Å²) in [6.45, 7) is 4.67. The fourth-order valence-corrected chi connectivity index (χ4v) is 3.60. The highest BCUT2D eigenvalue weighted by Crippen LogP contribution is 2.50. The zero-order valence-electron chi connectivity index (χ0n) is 13.3. The number of aromatic nitrogens is 1. The number of carbonyl (C=O) groups excluding carboxylic acids is 1. The van der Waals surface area contributed by atoms with Crippen molar-refractivity contribution in [2.24, 2.45) is 5.41 Å². The third-order valence-electron chi connectivity index (χ3n) is 5.22. The average molecular weight is 308 g/mol. The topological polar surface area (TPSA) is 64.8 Å². The largest absolute Gasteiger partial charge is 0.382 e. The fourth-order valence-electron chi connectivity index (χ4n) is 3.60. The molecule has 1 unspecified atom stereocenters. The summed E-state index contributed by atoms with van der Waals surface area (Å²) in [5.41, 5.74) is 1.51. The van der Waals surface area contributed by atoms with Gasteiger partial charge in [0.2, 0.25) is 0 Å². The van der Waals surface area contributed by atoms with E-state index in [9.17, 15) is 4.79 Å². The van der Waals surface area contributed by atoms with Crippen LogP contribution >= 0.6 is 0 Å². The summed E-state index contributed by atoms with van der Waals surface area (Å²) in [6, 6.07) is 0. The Morgan fingerprint density at radius 3 is 2.73 bits per heavy atom. The number of nitrogens with zero attached hydrogens (tertiary/aromatic N) is 2. The molecule has 1 aromatic heterocycles. The van der Waals surface area contributed by atoms with E-state index in [4.69, 9.17) is 14.0 Å². The van der Waals surface area contributed by atoms with Crippen LogP contribution in [0.4, 0.5) is 0 Å². The lowest BCUT2D eigenvalue weighted by atomic mass is 9.60. The van der Waals surface area contributed by atoms with Gasteiger partial charge in [-0.05, 0) is 32.6 Å². The van der Waals surface area contributed by atoms with Crippen LogP contribution < -0.4 is 0 Å². The molecule has 0 N–H and O–H groups in total. The Bertz CT molecular complexity index is 520. The zero-order valence-corrected chi connectivity index (χ0v) is 13.3. The highest BCUT2D eigenvalue weighted by molar-refractivity contribution is 5.94. The highest BCUT2D eigenvalue weighted by Gasteiger charge is 2.49. The maximum absolute atomic E-state index is 12.5. The van der Waals surface area contributed by atoms with Crippen molar-refractivity contribution in [3.05, 3.63) is 17.5 Å². The Kier molecular flexibility index (Phi) is 4.49. The number of methoxy groups -OCH3 is 1. The first-order valence-corrected chi connectivity index (χ1v) is 7.97. The van der Waals surface area contributed by atoms with Gasteiger partial charge in [0.05, 0.1) is 25.0 Å². The molecule has 0 radical (unpaired) electrons. The van der Waals surface area contributed by atoms with Crippen molar-refractivity contribution in [1.82, 2.24) is 10.1 Å². The van der Waals surface area contributed by atoms with Crippen LogP contribution in [0.5, 0.6) is 0 Å². The normalized spacial score (nSPS) is 23.5.